The Labute approximate surface area is 107 Å². The minimum atomic E-state index is 0.303. The SMILES string of the molecule is CCCN(C(=O)CCC(CC)CCN)C(C)C. The van der Waals surface area contributed by atoms with Crippen LogP contribution in [-0.2, 0) is 4.79 Å². The molecule has 102 valence electrons. The largest absolute Gasteiger partial charge is 0.340 e. The molecule has 0 heterocycles. The highest BCUT2D eigenvalue weighted by Crippen LogP contribution is 2.16. The minimum Gasteiger partial charge on any atom is -0.340 e. The zero-order chi connectivity index (χ0) is 13.3. The molecular formula is C14H30N2O. The van der Waals surface area contributed by atoms with E-state index in [2.05, 4.69) is 27.7 Å². The fraction of sp³-hybridized carbons (Fsp3) is 0.929. The van der Waals surface area contributed by atoms with Crippen LogP contribution >= 0.6 is 0 Å². The molecule has 0 fully saturated rings. The van der Waals surface area contributed by atoms with Crippen molar-refractivity contribution in [2.24, 2.45) is 11.7 Å². The Bertz CT molecular complexity index is 204. The zero-order valence-corrected chi connectivity index (χ0v) is 12.0. The van der Waals surface area contributed by atoms with E-state index in [1.807, 2.05) is 4.90 Å². The first-order chi connectivity index (χ1) is 8.06. The molecule has 17 heavy (non-hydrogen) atoms. The van der Waals surface area contributed by atoms with Gasteiger partial charge in [0.1, 0.15) is 0 Å². The van der Waals surface area contributed by atoms with Crippen molar-refractivity contribution in [3.63, 3.8) is 0 Å². The van der Waals surface area contributed by atoms with E-state index in [0.29, 0.717) is 24.3 Å². The number of nitrogens with zero attached hydrogens (tertiary/aromatic N) is 1. The van der Waals surface area contributed by atoms with Crippen LogP contribution in [0.5, 0.6) is 0 Å². The smallest absolute Gasteiger partial charge is 0.222 e. The third-order valence-electron chi connectivity index (χ3n) is 3.33. The number of rotatable bonds is 9. The first-order valence-corrected chi connectivity index (χ1v) is 7.06. The lowest BCUT2D eigenvalue weighted by Gasteiger charge is -2.27. The molecule has 0 radical (unpaired) electrons. The molecule has 3 heteroatoms. The summed E-state index contributed by atoms with van der Waals surface area (Å²) in [6.07, 6.45) is 4.86. The van der Waals surface area contributed by atoms with E-state index in [4.69, 9.17) is 5.73 Å². The summed E-state index contributed by atoms with van der Waals surface area (Å²) in [6, 6.07) is 0.317. The normalized spacial score (nSPS) is 12.8. The number of carbonyl (C=O) groups excluding carboxylic acids is 1. The Hall–Kier alpha value is -0.570. The Balaban J connectivity index is 4.12. The molecule has 0 aromatic carbocycles. The molecule has 0 saturated carbocycles. The van der Waals surface area contributed by atoms with E-state index in [0.717, 1.165) is 38.8 Å². The van der Waals surface area contributed by atoms with Crippen molar-refractivity contribution in [1.82, 2.24) is 4.90 Å². The predicted molar refractivity (Wildman–Crippen MR) is 73.8 cm³/mol. The first-order valence-electron chi connectivity index (χ1n) is 7.06. The summed E-state index contributed by atoms with van der Waals surface area (Å²) in [5.41, 5.74) is 5.57. The quantitative estimate of drug-likeness (QED) is 0.676. The standard InChI is InChI=1S/C14H30N2O/c1-5-11-16(12(3)4)14(17)8-7-13(6-2)9-10-15/h12-13H,5-11,15H2,1-4H3. The van der Waals surface area contributed by atoms with Gasteiger partial charge in [0.05, 0.1) is 0 Å². The molecule has 0 aromatic heterocycles. The summed E-state index contributed by atoms with van der Waals surface area (Å²) in [6.45, 7) is 10.1. The Kier molecular flexibility index (Phi) is 9.14. The number of hydrogen-bond donors (Lipinski definition) is 1. The second-order valence-corrected chi connectivity index (χ2v) is 5.07. The maximum Gasteiger partial charge on any atom is 0.222 e. The van der Waals surface area contributed by atoms with Gasteiger partial charge in [-0.3, -0.25) is 4.79 Å². The van der Waals surface area contributed by atoms with Crippen LogP contribution in [0.15, 0.2) is 0 Å². The molecule has 0 aliphatic rings. The Morgan fingerprint density at radius 3 is 2.29 bits per heavy atom. The summed E-state index contributed by atoms with van der Waals surface area (Å²) in [5.74, 6) is 0.914. The fourth-order valence-electron chi connectivity index (χ4n) is 2.17. The average Bonchev–Trinajstić information content (AvgIpc) is 2.30. The molecular weight excluding hydrogens is 212 g/mol. The molecule has 0 bridgehead atoms. The minimum absolute atomic E-state index is 0.303. The van der Waals surface area contributed by atoms with E-state index in [9.17, 15) is 4.79 Å². The monoisotopic (exact) mass is 242 g/mol. The van der Waals surface area contributed by atoms with Crippen molar-refractivity contribution < 1.29 is 4.79 Å². The molecule has 0 saturated heterocycles. The van der Waals surface area contributed by atoms with Crippen LogP contribution in [0.3, 0.4) is 0 Å². The van der Waals surface area contributed by atoms with Gasteiger partial charge in [0.2, 0.25) is 5.91 Å². The molecule has 0 aliphatic heterocycles. The van der Waals surface area contributed by atoms with Crippen molar-refractivity contribution >= 4 is 5.91 Å². The summed E-state index contributed by atoms with van der Waals surface area (Å²) in [5, 5.41) is 0. The summed E-state index contributed by atoms with van der Waals surface area (Å²) >= 11 is 0. The van der Waals surface area contributed by atoms with Crippen LogP contribution in [0.4, 0.5) is 0 Å². The lowest BCUT2D eigenvalue weighted by molar-refractivity contribution is -0.133. The summed E-state index contributed by atoms with van der Waals surface area (Å²) < 4.78 is 0. The second-order valence-electron chi connectivity index (χ2n) is 5.07. The van der Waals surface area contributed by atoms with E-state index >= 15 is 0 Å². The van der Waals surface area contributed by atoms with Crippen molar-refractivity contribution in [3.8, 4) is 0 Å². The van der Waals surface area contributed by atoms with Gasteiger partial charge in [-0.2, -0.15) is 0 Å². The molecule has 1 unspecified atom stereocenters. The topological polar surface area (TPSA) is 46.3 Å². The maximum atomic E-state index is 12.1. The van der Waals surface area contributed by atoms with Crippen molar-refractivity contribution in [3.05, 3.63) is 0 Å². The molecule has 0 rings (SSSR count). The molecule has 0 spiro atoms. The second kappa shape index (κ2) is 9.46. The number of hydrogen-bond acceptors (Lipinski definition) is 2. The highest BCUT2D eigenvalue weighted by molar-refractivity contribution is 5.76. The predicted octanol–water partition coefficient (Wildman–Crippen LogP) is 2.79. The maximum absolute atomic E-state index is 12.1. The molecule has 1 amide bonds. The van der Waals surface area contributed by atoms with E-state index < -0.39 is 0 Å². The zero-order valence-electron chi connectivity index (χ0n) is 12.0. The van der Waals surface area contributed by atoms with E-state index in [1.54, 1.807) is 0 Å². The van der Waals surface area contributed by atoms with Crippen molar-refractivity contribution in [1.29, 1.82) is 0 Å². The lowest BCUT2D eigenvalue weighted by atomic mass is 9.96. The molecule has 1 atom stereocenters. The summed E-state index contributed by atoms with van der Waals surface area (Å²) in [7, 11) is 0. The highest BCUT2D eigenvalue weighted by atomic mass is 16.2. The Morgan fingerprint density at radius 1 is 1.24 bits per heavy atom. The van der Waals surface area contributed by atoms with Crippen LogP contribution in [-0.4, -0.2) is 29.9 Å². The molecule has 3 nitrogen and oxygen atoms in total. The van der Waals surface area contributed by atoms with Crippen LogP contribution in [0.2, 0.25) is 0 Å². The first kappa shape index (κ1) is 16.4. The van der Waals surface area contributed by atoms with Gasteiger partial charge in [0.15, 0.2) is 0 Å². The van der Waals surface area contributed by atoms with Gasteiger partial charge in [-0.15, -0.1) is 0 Å². The van der Waals surface area contributed by atoms with Crippen molar-refractivity contribution in [2.75, 3.05) is 13.1 Å². The van der Waals surface area contributed by atoms with Gasteiger partial charge in [-0.25, -0.2) is 0 Å². The van der Waals surface area contributed by atoms with Crippen LogP contribution in [0.25, 0.3) is 0 Å². The molecule has 2 N–H and O–H groups in total. The van der Waals surface area contributed by atoms with E-state index in [-0.39, 0.29) is 0 Å². The van der Waals surface area contributed by atoms with Gasteiger partial charge >= 0.3 is 0 Å². The van der Waals surface area contributed by atoms with Gasteiger partial charge in [-0.05, 0) is 45.6 Å². The molecule has 0 aromatic rings. The highest BCUT2D eigenvalue weighted by Gasteiger charge is 2.17. The number of carbonyl (C=O) groups is 1. The van der Waals surface area contributed by atoms with Crippen LogP contribution in [0, 0.1) is 5.92 Å². The van der Waals surface area contributed by atoms with Crippen LogP contribution in [0.1, 0.15) is 59.8 Å². The van der Waals surface area contributed by atoms with Gasteiger partial charge < -0.3 is 10.6 Å². The van der Waals surface area contributed by atoms with Gasteiger partial charge in [0.25, 0.3) is 0 Å². The lowest BCUT2D eigenvalue weighted by Crippen LogP contribution is -2.37. The van der Waals surface area contributed by atoms with E-state index in [1.165, 1.54) is 0 Å². The average molecular weight is 242 g/mol. The number of nitrogens with two attached hydrogens (primary N) is 1. The van der Waals surface area contributed by atoms with Crippen LogP contribution < -0.4 is 5.73 Å². The van der Waals surface area contributed by atoms with Gasteiger partial charge in [-0.1, -0.05) is 20.3 Å². The third-order valence-corrected chi connectivity index (χ3v) is 3.33. The number of amides is 1. The van der Waals surface area contributed by atoms with Crippen molar-refractivity contribution in [2.45, 2.75) is 65.8 Å². The van der Waals surface area contributed by atoms with Gasteiger partial charge in [0, 0.05) is 19.0 Å². The third kappa shape index (κ3) is 6.67. The Morgan fingerprint density at radius 2 is 1.88 bits per heavy atom. The fourth-order valence-corrected chi connectivity index (χ4v) is 2.17. The summed E-state index contributed by atoms with van der Waals surface area (Å²) in [4.78, 5) is 14.1. The molecule has 0 aliphatic carbocycles.